The third-order valence-electron chi connectivity index (χ3n) is 6.77. The third-order valence-corrected chi connectivity index (χ3v) is 6.77. The van der Waals surface area contributed by atoms with Crippen molar-refractivity contribution in [3.63, 3.8) is 0 Å². The lowest BCUT2D eigenvalue weighted by atomic mass is 9.90. The standard InChI is InChI=1S/C31H43NO3/c1-5-6-7-12-26-22-29(33)28(16-15-24(4)11-8-10-23(2)3)31(34)30(26)25-13-9-14-27(21-25)32-17-19-35-20-18-32/h9-10,13-15,21-22,33-34H,5-8,11-12,16-20H2,1-4H3/b24-15+. The van der Waals surface area contributed by atoms with Crippen LogP contribution in [0.1, 0.15) is 70.9 Å². The summed E-state index contributed by atoms with van der Waals surface area (Å²) in [7, 11) is 0. The summed E-state index contributed by atoms with van der Waals surface area (Å²) in [5.74, 6) is 0.402. The average molecular weight is 478 g/mol. The van der Waals surface area contributed by atoms with Gasteiger partial charge in [-0.05, 0) is 82.2 Å². The molecule has 0 radical (unpaired) electrons. The Bertz CT molecular complexity index is 1030. The SMILES string of the molecule is CCCCCc1cc(O)c(C/C=C(\C)CCC=C(C)C)c(O)c1-c1cccc(N2CCOCC2)c1. The van der Waals surface area contributed by atoms with Crippen LogP contribution in [0.3, 0.4) is 0 Å². The van der Waals surface area contributed by atoms with Crippen LogP contribution in [-0.4, -0.2) is 36.5 Å². The molecule has 2 aromatic rings. The molecule has 0 amide bonds. The van der Waals surface area contributed by atoms with Crippen LogP contribution in [0.2, 0.25) is 0 Å². The van der Waals surface area contributed by atoms with Crippen molar-refractivity contribution in [2.45, 2.75) is 72.6 Å². The van der Waals surface area contributed by atoms with Crippen molar-refractivity contribution in [1.29, 1.82) is 0 Å². The van der Waals surface area contributed by atoms with E-state index >= 15 is 0 Å². The van der Waals surface area contributed by atoms with Gasteiger partial charge in [-0.2, -0.15) is 0 Å². The number of hydrogen-bond donors (Lipinski definition) is 2. The molecular weight excluding hydrogens is 434 g/mol. The van der Waals surface area contributed by atoms with Crippen molar-refractivity contribution >= 4 is 5.69 Å². The number of benzene rings is 2. The summed E-state index contributed by atoms with van der Waals surface area (Å²) in [6.07, 6.45) is 11.0. The quantitative estimate of drug-likeness (QED) is 0.259. The van der Waals surface area contributed by atoms with Gasteiger partial charge < -0.3 is 19.8 Å². The summed E-state index contributed by atoms with van der Waals surface area (Å²) in [5.41, 5.74) is 7.23. The van der Waals surface area contributed by atoms with Crippen molar-refractivity contribution in [2.75, 3.05) is 31.2 Å². The lowest BCUT2D eigenvalue weighted by Crippen LogP contribution is -2.36. The van der Waals surface area contributed by atoms with Crippen molar-refractivity contribution in [1.82, 2.24) is 0 Å². The predicted molar refractivity (Wildman–Crippen MR) is 148 cm³/mol. The normalized spacial score (nSPS) is 14.3. The number of phenols is 2. The summed E-state index contributed by atoms with van der Waals surface area (Å²) in [6, 6.07) is 10.3. The van der Waals surface area contributed by atoms with Crippen LogP contribution in [0.15, 0.2) is 53.6 Å². The summed E-state index contributed by atoms with van der Waals surface area (Å²) in [6.45, 7) is 11.8. The first-order chi connectivity index (χ1) is 16.9. The van der Waals surface area contributed by atoms with Gasteiger partial charge in [-0.15, -0.1) is 0 Å². The average Bonchev–Trinajstić information content (AvgIpc) is 2.84. The molecule has 0 aromatic heterocycles. The zero-order valence-electron chi connectivity index (χ0n) is 22.1. The second kappa shape index (κ2) is 13.4. The van der Waals surface area contributed by atoms with E-state index in [4.69, 9.17) is 4.74 Å². The minimum Gasteiger partial charge on any atom is -0.508 e. The van der Waals surface area contributed by atoms with Crippen molar-refractivity contribution in [3.05, 3.63) is 64.8 Å². The number of unbranched alkanes of at least 4 members (excludes halogenated alkanes) is 2. The first-order valence-electron chi connectivity index (χ1n) is 13.2. The van der Waals surface area contributed by atoms with Gasteiger partial charge in [0.15, 0.2) is 0 Å². The van der Waals surface area contributed by atoms with E-state index in [0.717, 1.165) is 87.2 Å². The third kappa shape index (κ3) is 7.63. The Labute approximate surface area is 211 Å². The molecule has 4 nitrogen and oxygen atoms in total. The Balaban J connectivity index is 1.96. The molecule has 2 aromatic carbocycles. The molecule has 1 heterocycles. The molecule has 1 aliphatic heterocycles. The van der Waals surface area contributed by atoms with E-state index in [1.807, 2.05) is 6.07 Å². The largest absolute Gasteiger partial charge is 0.508 e. The van der Waals surface area contributed by atoms with Crippen LogP contribution < -0.4 is 4.90 Å². The van der Waals surface area contributed by atoms with Crippen molar-refractivity contribution < 1.29 is 14.9 Å². The van der Waals surface area contributed by atoms with Crippen molar-refractivity contribution in [3.8, 4) is 22.6 Å². The molecule has 1 fully saturated rings. The fourth-order valence-electron chi connectivity index (χ4n) is 4.68. The molecule has 0 bridgehead atoms. The summed E-state index contributed by atoms with van der Waals surface area (Å²) < 4.78 is 5.52. The Morgan fingerprint density at radius 3 is 2.51 bits per heavy atom. The zero-order chi connectivity index (χ0) is 25.2. The number of aryl methyl sites for hydroxylation is 1. The van der Waals surface area contributed by atoms with Gasteiger partial charge in [0.1, 0.15) is 11.5 Å². The highest BCUT2D eigenvalue weighted by Gasteiger charge is 2.20. The van der Waals surface area contributed by atoms with Gasteiger partial charge >= 0.3 is 0 Å². The maximum Gasteiger partial charge on any atom is 0.130 e. The molecule has 0 unspecified atom stereocenters. The van der Waals surface area contributed by atoms with Crippen LogP contribution in [0.5, 0.6) is 11.5 Å². The smallest absolute Gasteiger partial charge is 0.130 e. The summed E-state index contributed by atoms with van der Waals surface area (Å²) in [5, 5.41) is 22.4. The molecule has 0 aliphatic carbocycles. The number of hydrogen-bond acceptors (Lipinski definition) is 4. The van der Waals surface area contributed by atoms with Crippen LogP contribution in [-0.2, 0) is 17.6 Å². The number of aromatic hydroxyl groups is 2. The van der Waals surface area contributed by atoms with Crippen LogP contribution in [0.25, 0.3) is 11.1 Å². The van der Waals surface area contributed by atoms with Gasteiger partial charge in [-0.25, -0.2) is 0 Å². The number of ether oxygens (including phenoxy) is 1. The van der Waals surface area contributed by atoms with E-state index < -0.39 is 0 Å². The molecule has 190 valence electrons. The zero-order valence-corrected chi connectivity index (χ0v) is 22.1. The highest BCUT2D eigenvalue weighted by Crippen LogP contribution is 2.42. The van der Waals surface area contributed by atoms with E-state index in [2.05, 4.69) is 69.0 Å². The van der Waals surface area contributed by atoms with Gasteiger partial charge in [-0.1, -0.05) is 55.2 Å². The maximum atomic E-state index is 11.5. The lowest BCUT2D eigenvalue weighted by Gasteiger charge is -2.29. The molecule has 35 heavy (non-hydrogen) atoms. The van der Waals surface area contributed by atoms with Gasteiger partial charge in [-0.3, -0.25) is 0 Å². The maximum absolute atomic E-state index is 11.5. The van der Waals surface area contributed by atoms with Crippen molar-refractivity contribution in [2.24, 2.45) is 0 Å². The number of nitrogens with zero attached hydrogens (tertiary/aromatic N) is 1. The first-order valence-corrected chi connectivity index (χ1v) is 13.2. The molecule has 3 rings (SSSR count). The van der Waals surface area contributed by atoms with Crippen LogP contribution in [0.4, 0.5) is 5.69 Å². The highest BCUT2D eigenvalue weighted by atomic mass is 16.5. The first kappa shape index (κ1) is 26.9. The summed E-state index contributed by atoms with van der Waals surface area (Å²) in [4.78, 5) is 2.33. The number of phenolic OH excluding ortho intramolecular Hbond substituents is 2. The van der Waals surface area contributed by atoms with E-state index in [9.17, 15) is 10.2 Å². The molecule has 0 spiro atoms. The fourth-order valence-corrected chi connectivity index (χ4v) is 4.68. The second-order valence-corrected chi connectivity index (χ2v) is 9.94. The van der Waals surface area contributed by atoms with E-state index in [1.165, 1.54) is 11.1 Å². The fraction of sp³-hybridized carbons (Fsp3) is 0.484. The number of morpholine rings is 1. The monoisotopic (exact) mass is 477 g/mol. The molecule has 4 heteroatoms. The number of anilines is 1. The lowest BCUT2D eigenvalue weighted by molar-refractivity contribution is 0.122. The number of rotatable bonds is 11. The van der Waals surface area contributed by atoms with Gasteiger partial charge in [0.2, 0.25) is 0 Å². The Kier molecular flexibility index (Phi) is 10.3. The topological polar surface area (TPSA) is 52.9 Å². The minimum absolute atomic E-state index is 0.190. The Morgan fingerprint density at radius 2 is 1.80 bits per heavy atom. The molecule has 0 saturated carbocycles. The second-order valence-electron chi connectivity index (χ2n) is 9.94. The molecular formula is C31H43NO3. The minimum atomic E-state index is 0.190. The predicted octanol–water partition coefficient (Wildman–Crippen LogP) is 7.57. The molecule has 1 saturated heterocycles. The van der Waals surface area contributed by atoms with Gasteiger partial charge in [0.05, 0.1) is 13.2 Å². The van der Waals surface area contributed by atoms with Gasteiger partial charge in [0.25, 0.3) is 0 Å². The van der Waals surface area contributed by atoms with E-state index in [-0.39, 0.29) is 11.5 Å². The molecule has 1 aliphatic rings. The Morgan fingerprint density at radius 1 is 1.03 bits per heavy atom. The molecule has 2 N–H and O–H groups in total. The van der Waals surface area contributed by atoms with Crippen LogP contribution in [0, 0.1) is 0 Å². The van der Waals surface area contributed by atoms with Gasteiger partial charge in [0, 0.05) is 29.9 Å². The van der Waals surface area contributed by atoms with E-state index in [0.29, 0.717) is 12.0 Å². The van der Waals surface area contributed by atoms with E-state index in [1.54, 1.807) is 0 Å². The van der Waals surface area contributed by atoms with Crippen LogP contribution >= 0.6 is 0 Å². The number of allylic oxidation sites excluding steroid dienone is 4. The molecule has 0 atom stereocenters. The Hall–Kier alpha value is -2.72. The summed E-state index contributed by atoms with van der Waals surface area (Å²) >= 11 is 0. The highest BCUT2D eigenvalue weighted by molar-refractivity contribution is 5.79.